The van der Waals surface area contributed by atoms with Crippen molar-refractivity contribution in [1.29, 1.82) is 0 Å². The molecule has 1 amide bonds. The molecule has 4 N–H and O–H groups in total. The maximum Gasteiger partial charge on any atom is 0.309 e. The van der Waals surface area contributed by atoms with Crippen LogP contribution in [0, 0.1) is 11.2 Å². The number of methoxy groups -OCH3 is 1. The van der Waals surface area contributed by atoms with Gasteiger partial charge in [-0.2, -0.15) is 0 Å². The highest BCUT2D eigenvalue weighted by atomic mass is 35.5. The van der Waals surface area contributed by atoms with Gasteiger partial charge in [-0.25, -0.2) is 4.39 Å². The standard InChI is InChI=1S/C25H27ClFN3O5/c1-25(9-10-31,24(33)34)14-18(28-23(32)21-13-22(35-2)30-29-21)11-15-3-5-16(6-4-15)19-12-17(26)7-8-20(19)27/h3-8,12-13,18,31H,9-11,14H2,1-2H3,(H,28,32)(H,29,30)(H,33,34)/t18-,25?/m1/s1. The summed E-state index contributed by atoms with van der Waals surface area (Å²) in [6.45, 7) is 1.23. The van der Waals surface area contributed by atoms with E-state index in [0.717, 1.165) is 5.56 Å². The van der Waals surface area contributed by atoms with Crippen LogP contribution in [0.4, 0.5) is 4.39 Å². The van der Waals surface area contributed by atoms with E-state index in [9.17, 15) is 24.2 Å². The van der Waals surface area contributed by atoms with Crippen molar-refractivity contribution in [2.75, 3.05) is 13.7 Å². The third kappa shape index (κ3) is 6.58. The Morgan fingerprint density at radius 2 is 1.94 bits per heavy atom. The minimum Gasteiger partial charge on any atom is -0.481 e. The van der Waals surface area contributed by atoms with E-state index in [-0.39, 0.29) is 31.0 Å². The van der Waals surface area contributed by atoms with E-state index in [2.05, 4.69) is 15.5 Å². The summed E-state index contributed by atoms with van der Waals surface area (Å²) in [4.78, 5) is 24.8. The van der Waals surface area contributed by atoms with E-state index >= 15 is 0 Å². The van der Waals surface area contributed by atoms with E-state index < -0.39 is 29.2 Å². The van der Waals surface area contributed by atoms with Crippen LogP contribution >= 0.6 is 11.6 Å². The molecule has 0 saturated carbocycles. The second-order valence-corrected chi connectivity index (χ2v) is 9.00. The van der Waals surface area contributed by atoms with Gasteiger partial charge in [0.25, 0.3) is 5.91 Å². The number of aromatic amines is 1. The largest absolute Gasteiger partial charge is 0.481 e. The van der Waals surface area contributed by atoms with Gasteiger partial charge in [0.2, 0.25) is 5.88 Å². The number of hydrogen-bond acceptors (Lipinski definition) is 5. The van der Waals surface area contributed by atoms with Gasteiger partial charge in [0.15, 0.2) is 0 Å². The maximum atomic E-state index is 14.2. The third-order valence-electron chi connectivity index (χ3n) is 5.90. The van der Waals surface area contributed by atoms with E-state index in [0.29, 0.717) is 22.6 Å². The van der Waals surface area contributed by atoms with Gasteiger partial charge in [-0.05, 0) is 55.5 Å². The summed E-state index contributed by atoms with van der Waals surface area (Å²) < 4.78 is 19.2. The van der Waals surface area contributed by atoms with E-state index in [1.54, 1.807) is 30.3 Å². The Morgan fingerprint density at radius 1 is 1.23 bits per heavy atom. The van der Waals surface area contributed by atoms with Gasteiger partial charge in [0.05, 0.1) is 12.5 Å². The van der Waals surface area contributed by atoms with Crippen LogP contribution in [0.15, 0.2) is 48.5 Å². The monoisotopic (exact) mass is 503 g/mol. The molecule has 2 atom stereocenters. The number of nitrogens with zero attached hydrogens (tertiary/aromatic N) is 1. The number of amides is 1. The second kappa shape index (κ2) is 11.3. The molecule has 3 rings (SSSR count). The number of aliphatic carboxylic acids is 1. The summed E-state index contributed by atoms with van der Waals surface area (Å²) in [6.07, 6.45) is 0.410. The average molecular weight is 504 g/mol. The van der Waals surface area contributed by atoms with Crippen LogP contribution in [0.25, 0.3) is 11.1 Å². The highest BCUT2D eigenvalue weighted by molar-refractivity contribution is 6.30. The van der Waals surface area contributed by atoms with Crippen LogP contribution in [-0.4, -0.2) is 52.0 Å². The lowest BCUT2D eigenvalue weighted by atomic mass is 9.79. The van der Waals surface area contributed by atoms with Crippen molar-refractivity contribution in [3.63, 3.8) is 0 Å². The molecule has 0 fully saturated rings. The molecule has 1 heterocycles. The third-order valence-corrected chi connectivity index (χ3v) is 6.13. The summed E-state index contributed by atoms with van der Waals surface area (Å²) >= 11 is 6.00. The molecule has 0 bridgehead atoms. The number of aliphatic hydroxyl groups is 1. The van der Waals surface area contributed by atoms with Gasteiger partial charge in [-0.15, -0.1) is 5.10 Å². The molecule has 8 nitrogen and oxygen atoms in total. The van der Waals surface area contributed by atoms with Gasteiger partial charge >= 0.3 is 5.97 Å². The number of H-pyrrole nitrogens is 1. The number of aliphatic hydroxyl groups excluding tert-OH is 1. The molecule has 186 valence electrons. The number of aromatic nitrogens is 2. The zero-order chi connectivity index (χ0) is 25.6. The molecule has 0 spiro atoms. The summed E-state index contributed by atoms with van der Waals surface area (Å²) in [5.41, 5.74) is 0.707. The van der Waals surface area contributed by atoms with Crippen molar-refractivity contribution in [3.8, 4) is 17.0 Å². The summed E-state index contributed by atoms with van der Waals surface area (Å²) in [6, 6.07) is 12.2. The van der Waals surface area contributed by atoms with Crippen LogP contribution in [0.5, 0.6) is 5.88 Å². The number of carbonyl (C=O) groups is 2. The first-order chi connectivity index (χ1) is 16.6. The van der Waals surface area contributed by atoms with Gasteiger partial charge in [-0.1, -0.05) is 35.9 Å². The fourth-order valence-electron chi connectivity index (χ4n) is 3.87. The predicted molar refractivity (Wildman–Crippen MR) is 129 cm³/mol. The molecule has 3 aromatic rings. The number of carbonyl (C=O) groups excluding carboxylic acids is 1. The smallest absolute Gasteiger partial charge is 0.309 e. The number of halogens is 2. The lowest BCUT2D eigenvalue weighted by molar-refractivity contribution is -0.149. The Hall–Kier alpha value is -3.43. The van der Waals surface area contributed by atoms with Crippen molar-refractivity contribution in [2.24, 2.45) is 5.41 Å². The Kier molecular flexibility index (Phi) is 8.48. The second-order valence-electron chi connectivity index (χ2n) is 8.56. The Morgan fingerprint density at radius 3 is 2.54 bits per heavy atom. The number of ether oxygens (including phenoxy) is 1. The molecule has 10 heteroatoms. The quantitative estimate of drug-likeness (QED) is 0.312. The maximum absolute atomic E-state index is 14.2. The molecule has 0 saturated heterocycles. The number of nitrogens with one attached hydrogen (secondary N) is 2. The summed E-state index contributed by atoms with van der Waals surface area (Å²) in [5, 5.41) is 28.9. The highest BCUT2D eigenvalue weighted by Crippen LogP contribution is 2.30. The first-order valence-corrected chi connectivity index (χ1v) is 11.3. The number of carboxylic acids is 1. The van der Waals surface area contributed by atoms with Crippen molar-refractivity contribution < 1.29 is 28.9 Å². The molecular formula is C25H27ClFN3O5. The molecule has 0 aliphatic rings. The Bertz CT molecular complexity index is 1180. The molecule has 1 aromatic heterocycles. The van der Waals surface area contributed by atoms with E-state index in [1.807, 2.05) is 0 Å². The SMILES string of the molecule is COc1cc(C(=O)N[C@H](Cc2ccc(-c3cc(Cl)ccc3F)cc2)CC(C)(CCO)C(=O)O)[nH]n1. The van der Waals surface area contributed by atoms with E-state index in [4.69, 9.17) is 16.3 Å². The van der Waals surface area contributed by atoms with Gasteiger partial charge in [-0.3, -0.25) is 14.7 Å². The summed E-state index contributed by atoms with van der Waals surface area (Å²) in [7, 11) is 1.42. The van der Waals surface area contributed by atoms with Gasteiger partial charge < -0.3 is 20.3 Å². The van der Waals surface area contributed by atoms with Gasteiger partial charge in [0.1, 0.15) is 11.5 Å². The molecule has 35 heavy (non-hydrogen) atoms. The number of hydrogen-bond donors (Lipinski definition) is 4. The Balaban J connectivity index is 1.84. The minimum absolute atomic E-state index is 0.0273. The van der Waals surface area contributed by atoms with Crippen molar-refractivity contribution in [1.82, 2.24) is 15.5 Å². The normalized spacial score (nSPS) is 13.6. The lowest BCUT2D eigenvalue weighted by Gasteiger charge is -2.29. The van der Waals surface area contributed by atoms with Crippen LogP contribution in [0.2, 0.25) is 5.02 Å². The zero-order valence-corrected chi connectivity index (χ0v) is 20.1. The first kappa shape index (κ1) is 26.2. The van der Waals surface area contributed by atoms with Crippen LogP contribution in [0.3, 0.4) is 0 Å². The van der Waals surface area contributed by atoms with Gasteiger partial charge in [0, 0.05) is 29.3 Å². The number of rotatable bonds is 11. The van der Waals surface area contributed by atoms with Crippen molar-refractivity contribution >= 4 is 23.5 Å². The average Bonchev–Trinajstić information content (AvgIpc) is 3.31. The molecule has 1 unspecified atom stereocenters. The van der Waals surface area contributed by atoms with Crippen LogP contribution in [-0.2, 0) is 11.2 Å². The summed E-state index contributed by atoms with van der Waals surface area (Å²) in [5.74, 6) is -1.70. The van der Waals surface area contributed by atoms with Crippen LogP contribution in [0.1, 0.15) is 35.8 Å². The molecule has 0 aliphatic heterocycles. The highest BCUT2D eigenvalue weighted by Gasteiger charge is 2.36. The Labute approximate surface area is 207 Å². The van der Waals surface area contributed by atoms with Crippen molar-refractivity contribution in [2.45, 2.75) is 32.2 Å². The molecular weight excluding hydrogens is 477 g/mol. The molecule has 0 radical (unpaired) electrons. The fraction of sp³-hybridized carbons (Fsp3) is 0.320. The number of carboxylic acid groups (broad SMARTS) is 1. The zero-order valence-electron chi connectivity index (χ0n) is 19.3. The fourth-order valence-corrected chi connectivity index (χ4v) is 4.04. The molecule has 0 aliphatic carbocycles. The minimum atomic E-state index is -1.26. The first-order valence-electron chi connectivity index (χ1n) is 10.9. The van der Waals surface area contributed by atoms with E-state index in [1.165, 1.54) is 32.2 Å². The lowest BCUT2D eigenvalue weighted by Crippen LogP contribution is -2.43. The predicted octanol–water partition coefficient (Wildman–Crippen LogP) is 4.08. The topological polar surface area (TPSA) is 125 Å². The molecule has 2 aromatic carbocycles. The van der Waals surface area contributed by atoms with Crippen LogP contribution < -0.4 is 10.1 Å². The van der Waals surface area contributed by atoms with Crippen molar-refractivity contribution in [3.05, 3.63) is 70.6 Å². The number of benzene rings is 2.